The standard InChI is InChI=1S/C32H43F2N3O8/c1-5-43-28(41)32-18-21(32)17-31(33,34)15-11-7-10-14-23(35-29(42)45-30(2,3)4)26(39)37-19-22(16-24(37)25(38)36-32)44-27(40)20-12-8-6-9-13-20/h6,8-9,12-13,21-24H,5,7,10-11,14-19H2,1-4H3,(H,35,42)(H,36,38)/t21-,22+,23+,24+,32-/m1/s1. The topological polar surface area (TPSA) is 140 Å². The molecule has 1 saturated carbocycles. The van der Waals surface area contributed by atoms with Gasteiger partial charge in [0.05, 0.1) is 18.7 Å². The Hall–Kier alpha value is -3.77. The van der Waals surface area contributed by atoms with Crippen molar-refractivity contribution in [1.29, 1.82) is 0 Å². The molecule has 1 aromatic rings. The second kappa shape index (κ2) is 13.7. The zero-order valence-electron chi connectivity index (χ0n) is 26.2. The lowest BCUT2D eigenvalue weighted by Crippen LogP contribution is -2.57. The Balaban J connectivity index is 1.64. The van der Waals surface area contributed by atoms with Crippen molar-refractivity contribution in [2.45, 2.75) is 114 Å². The first-order valence-corrected chi connectivity index (χ1v) is 15.6. The minimum absolute atomic E-state index is 0.0108. The summed E-state index contributed by atoms with van der Waals surface area (Å²) in [5.74, 6) is -6.75. The SMILES string of the molecule is CCOC(=O)[C@@]12C[C@H]1CC(F)(F)CCCCC[C@H](NC(=O)OC(C)(C)C)C(=O)N1C[C@@H](OC(=O)c3ccccc3)C[C@H]1C(=O)N2. The van der Waals surface area contributed by atoms with Gasteiger partial charge in [-0.05, 0) is 59.1 Å². The molecular formula is C32H43F2N3O8. The van der Waals surface area contributed by atoms with E-state index in [9.17, 15) is 32.8 Å². The molecule has 2 saturated heterocycles. The number of carbonyl (C=O) groups is 5. The number of benzene rings is 1. The van der Waals surface area contributed by atoms with Gasteiger partial charge in [-0.15, -0.1) is 0 Å². The number of carbonyl (C=O) groups excluding carboxylic acids is 5. The van der Waals surface area contributed by atoms with Crippen molar-refractivity contribution in [1.82, 2.24) is 15.5 Å². The van der Waals surface area contributed by atoms with Crippen molar-refractivity contribution in [3.8, 4) is 0 Å². The summed E-state index contributed by atoms with van der Waals surface area (Å²) in [6.45, 7) is 6.42. The minimum atomic E-state index is -3.08. The fourth-order valence-electron chi connectivity index (χ4n) is 6.04. The van der Waals surface area contributed by atoms with Gasteiger partial charge in [0.2, 0.25) is 17.7 Å². The van der Waals surface area contributed by atoms with E-state index in [0.29, 0.717) is 12.8 Å². The van der Waals surface area contributed by atoms with Crippen molar-refractivity contribution in [3.63, 3.8) is 0 Å². The molecule has 0 radical (unpaired) electrons. The number of rotatable bonds is 5. The number of ether oxygens (including phenoxy) is 3. The van der Waals surface area contributed by atoms with Crippen LogP contribution >= 0.6 is 0 Å². The van der Waals surface area contributed by atoms with Crippen LogP contribution in [0.5, 0.6) is 0 Å². The number of hydrogen-bond acceptors (Lipinski definition) is 8. The monoisotopic (exact) mass is 635 g/mol. The summed E-state index contributed by atoms with van der Waals surface area (Å²) in [7, 11) is 0. The Kier molecular flexibility index (Phi) is 10.4. The summed E-state index contributed by atoms with van der Waals surface area (Å²) >= 11 is 0. The highest BCUT2D eigenvalue weighted by atomic mass is 19.3. The molecule has 45 heavy (non-hydrogen) atoms. The normalized spacial score (nSPS) is 28.7. The summed E-state index contributed by atoms with van der Waals surface area (Å²) in [6, 6.07) is 5.87. The van der Waals surface area contributed by atoms with Crippen LogP contribution in [0.25, 0.3) is 0 Å². The van der Waals surface area contributed by atoms with Crippen LogP contribution in [-0.2, 0) is 28.6 Å². The lowest BCUT2D eigenvalue weighted by atomic mass is 10.0. The molecule has 248 valence electrons. The number of hydrogen-bond donors (Lipinski definition) is 2. The lowest BCUT2D eigenvalue weighted by molar-refractivity contribution is -0.150. The van der Waals surface area contributed by atoms with E-state index in [0.717, 1.165) is 0 Å². The molecule has 2 heterocycles. The molecule has 0 bridgehead atoms. The van der Waals surface area contributed by atoms with Crippen molar-refractivity contribution < 1.29 is 47.0 Å². The van der Waals surface area contributed by atoms with Crippen LogP contribution in [0.1, 0.15) is 89.4 Å². The molecule has 0 aromatic heterocycles. The van der Waals surface area contributed by atoms with Gasteiger partial charge in [-0.25, -0.2) is 23.2 Å². The van der Waals surface area contributed by atoms with Crippen LogP contribution in [0.4, 0.5) is 13.6 Å². The summed E-state index contributed by atoms with van der Waals surface area (Å²) in [5.41, 5.74) is -2.23. The third-order valence-electron chi connectivity index (χ3n) is 8.29. The first-order valence-electron chi connectivity index (χ1n) is 15.6. The molecule has 0 unspecified atom stereocenters. The smallest absolute Gasteiger partial charge is 0.408 e. The highest BCUT2D eigenvalue weighted by molar-refractivity contribution is 5.96. The van der Waals surface area contributed by atoms with Crippen LogP contribution in [0.3, 0.4) is 0 Å². The number of alkyl carbamates (subject to hydrolysis) is 1. The van der Waals surface area contributed by atoms with Gasteiger partial charge in [-0.1, -0.05) is 31.0 Å². The Morgan fingerprint density at radius 1 is 1.07 bits per heavy atom. The number of fused-ring (bicyclic) bond motifs is 2. The van der Waals surface area contributed by atoms with Crippen LogP contribution in [0, 0.1) is 5.92 Å². The Bertz CT molecular complexity index is 1270. The Morgan fingerprint density at radius 3 is 2.44 bits per heavy atom. The summed E-state index contributed by atoms with van der Waals surface area (Å²) in [4.78, 5) is 67.7. The van der Waals surface area contributed by atoms with E-state index < -0.39 is 83.9 Å². The van der Waals surface area contributed by atoms with Gasteiger partial charge < -0.3 is 29.7 Å². The molecule has 4 rings (SSSR count). The fourth-order valence-corrected chi connectivity index (χ4v) is 6.04. The molecule has 0 spiro atoms. The third kappa shape index (κ3) is 8.70. The highest BCUT2D eigenvalue weighted by Crippen LogP contribution is 2.51. The Labute approximate surface area is 261 Å². The maximum absolute atomic E-state index is 15.0. The van der Waals surface area contributed by atoms with Crippen LogP contribution in [0.2, 0.25) is 0 Å². The van der Waals surface area contributed by atoms with Crippen LogP contribution < -0.4 is 10.6 Å². The molecule has 2 N–H and O–H groups in total. The van der Waals surface area contributed by atoms with Crippen LogP contribution in [0.15, 0.2) is 30.3 Å². The summed E-state index contributed by atoms with van der Waals surface area (Å²) < 4.78 is 46.2. The van der Waals surface area contributed by atoms with Gasteiger partial charge in [-0.2, -0.15) is 0 Å². The fraction of sp³-hybridized carbons (Fsp3) is 0.656. The predicted molar refractivity (Wildman–Crippen MR) is 157 cm³/mol. The highest BCUT2D eigenvalue weighted by Gasteiger charge is 2.65. The van der Waals surface area contributed by atoms with Crippen LogP contribution in [-0.4, -0.2) is 83.1 Å². The number of nitrogens with zero attached hydrogens (tertiary/aromatic N) is 1. The van der Waals surface area contributed by atoms with Gasteiger partial charge in [0.25, 0.3) is 0 Å². The molecule has 3 fully saturated rings. The minimum Gasteiger partial charge on any atom is -0.464 e. The number of esters is 2. The summed E-state index contributed by atoms with van der Waals surface area (Å²) in [5, 5.41) is 5.24. The van der Waals surface area contributed by atoms with Crippen molar-refractivity contribution >= 4 is 29.8 Å². The molecule has 1 aromatic carbocycles. The second-order valence-corrected chi connectivity index (χ2v) is 13.1. The number of nitrogens with one attached hydrogen (secondary N) is 2. The molecule has 5 atom stereocenters. The molecule has 3 aliphatic rings. The van der Waals surface area contributed by atoms with Gasteiger partial charge >= 0.3 is 18.0 Å². The van der Waals surface area contributed by atoms with E-state index in [1.165, 1.54) is 4.90 Å². The average Bonchev–Trinajstić information content (AvgIpc) is 3.45. The molecule has 1 aliphatic carbocycles. The van der Waals surface area contributed by atoms with E-state index in [2.05, 4.69) is 10.6 Å². The maximum Gasteiger partial charge on any atom is 0.408 e. The van der Waals surface area contributed by atoms with E-state index in [4.69, 9.17) is 14.2 Å². The van der Waals surface area contributed by atoms with Crippen molar-refractivity contribution in [3.05, 3.63) is 35.9 Å². The molecular weight excluding hydrogens is 592 g/mol. The Morgan fingerprint density at radius 2 is 1.78 bits per heavy atom. The maximum atomic E-state index is 15.0. The first kappa shape index (κ1) is 34.1. The zero-order valence-corrected chi connectivity index (χ0v) is 26.2. The number of halogens is 2. The predicted octanol–water partition coefficient (Wildman–Crippen LogP) is 4.13. The lowest BCUT2D eigenvalue weighted by Gasteiger charge is -2.30. The van der Waals surface area contributed by atoms with Crippen molar-refractivity contribution in [2.75, 3.05) is 13.2 Å². The van der Waals surface area contributed by atoms with E-state index >= 15 is 0 Å². The third-order valence-corrected chi connectivity index (χ3v) is 8.29. The van der Waals surface area contributed by atoms with Gasteiger partial charge in [0.15, 0.2) is 0 Å². The van der Waals surface area contributed by atoms with Gasteiger partial charge in [-0.3, -0.25) is 9.59 Å². The largest absolute Gasteiger partial charge is 0.464 e. The second-order valence-electron chi connectivity index (χ2n) is 13.1. The van der Waals surface area contributed by atoms with E-state index in [1.54, 1.807) is 58.0 Å². The molecule has 13 heteroatoms. The summed E-state index contributed by atoms with van der Waals surface area (Å²) in [6.07, 6.45) is -1.91. The zero-order chi connectivity index (χ0) is 33.0. The van der Waals surface area contributed by atoms with Gasteiger partial charge in [0, 0.05) is 25.2 Å². The number of amides is 3. The number of alkyl halides is 2. The molecule has 2 aliphatic heterocycles. The first-order chi connectivity index (χ1) is 21.1. The van der Waals surface area contributed by atoms with Gasteiger partial charge in [0.1, 0.15) is 29.3 Å². The van der Waals surface area contributed by atoms with E-state index in [1.807, 2.05) is 0 Å². The molecule has 11 nitrogen and oxygen atoms in total. The van der Waals surface area contributed by atoms with E-state index in [-0.39, 0.29) is 44.4 Å². The molecule has 3 amide bonds. The van der Waals surface area contributed by atoms with Crippen molar-refractivity contribution in [2.24, 2.45) is 5.92 Å². The quantitative estimate of drug-likeness (QED) is 0.364. The average molecular weight is 636 g/mol.